The Bertz CT molecular complexity index is 608. The monoisotopic (exact) mass is 290 g/mol. The van der Waals surface area contributed by atoms with Crippen LogP contribution in [0.25, 0.3) is 0 Å². The molecule has 1 aromatic carbocycles. The van der Waals surface area contributed by atoms with Gasteiger partial charge in [-0.15, -0.1) is 11.3 Å². The molecule has 2 aromatic rings. The fourth-order valence-electron chi connectivity index (χ4n) is 1.88. The number of carbonyl (C=O) groups is 1. The minimum absolute atomic E-state index is 0.110. The molecule has 0 radical (unpaired) electrons. The van der Waals surface area contributed by atoms with Gasteiger partial charge in [0.15, 0.2) is 0 Å². The minimum Gasteiger partial charge on any atom is -0.485 e. The highest BCUT2D eigenvalue weighted by molar-refractivity contribution is 7.09. The molecule has 5 heteroatoms. The fraction of sp³-hybridized carbons (Fsp3) is 0.333. The van der Waals surface area contributed by atoms with Crippen molar-refractivity contribution in [3.8, 4) is 5.75 Å². The maximum Gasteiger partial charge on any atom is 0.255 e. The van der Waals surface area contributed by atoms with Crippen molar-refractivity contribution in [3.05, 3.63) is 45.4 Å². The summed E-state index contributed by atoms with van der Waals surface area (Å²) in [5.74, 6) is 0.521. The van der Waals surface area contributed by atoms with Gasteiger partial charge in [0.1, 0.15) is 17.4 Å². The quantitative estimate of drug-likeness (QED) is 0.920. The molecule has 4 nitrogen and oxygen atoms in total. The Morgan fingerprint density at radius 3 is 2.85 bits per heavy atom. The number of thiazole rings is 1. The maximum absolute atomic E-state index is 12.0. The molecule has 1 heterocycles. The molecule has 1 N–H and O–H groups in total. The van der Waals surface area contributed by atoms with Crippen LogP contribution in [0.4, 0.5) is 0 Å². The summed E-state index contributed by atoms with van der Waals surface area (Å²) in [4.78, 5) is 16.4. The van der Waals surface area contributed by atoms with Crippen LogP contribution in [0, 0.1) is 13.8 Å². The summed E-state index contributed by atoms with van der Waals surface area (Å²) < 4.78 is 5.82. The molecule has 0 spiro atoms. The zero-order valence-electron chi connectivity index (χ0n) is 11.9. The van der Waals surface area contributed by atoms with E-state index in [-0.39, 0.29) is 5.91 Å². The van der Waals surface area contributed by atoms with Gasteiger partial charge in [-0.3, -0.25) is 4.79 Å². The average Bonchev–Trinajstić information content (AvgIpc) is 2.83. The van der Waals surface area contributed by atoms with Crippen LogP contribution in [-0.2, 0) is 6.61 Å². The first-order valence-electron chi connectivity index (χ1n) is 6.53. The molecule has 0 saturated carbocycles. The van der Waals surface area contributed by atoms with Gasteiger partial charge in [-0.25, -0.2) is 4.98 Å². The van der Waals surface area contributed by atoms with Gasteiger partial charge in [-0.1, -0.05) is 12.1 Å². The van der Waals surface area contributed by atoms with Crippen molar-refractivity contribution in [2.24, 2.45) is 0 Å². The fourth-order valence-corrected chi connectivity index (χ4v) is 2.56. The lowest BCUT2D eigenvalue weighted by Gasteiger charge is -2.12. The minimum atomic E-state index is -0.110. The number of aryl methyl sites for hydroxylation is 2. The highest BCUT2D eigenvalue weighted by Gasteiger charge is 2.14. The number of para-hydroxylation sites is 1. The van der Waals surface area contributed by atoms with Gasteiger partial charge in [0.25, 0.3) is 5.91 Å². The maximum atomic E-state index is 12.0. The third-order valence-electron chi connectivity index (χ3n) is 2.80. The van der Waals surface area contributed by atoms with E-state index in [0.717, 1.165) is 16.3 Å². The smallest absolute Gasteiger partial charge is 0.255 e. The molecule has 0 aliphatic heterocycles. The van der Waals surface area contributed by atoms with Crippen LogP contribution < -0.4 is 10.1 Å². The molecule has 1 aromatic heterocycles. The van der Waals surface area contributed by atoms with Crippen LogP contribution in [0.1, 0.15) is 33.5 Å². The number of nitrogens with one attached hydrogen (secondary N) is 1. The van der Waals surface area contributed by atoms with Crippen molar-refractivity contribution in [3.63, 3.8) is 0 Å². The van der Waals surface area contributed by atoms with E-state index < -0.39 is 0 Å². The van der Waals surface area contributed by atoms with E-state index in [1.807, 2.05) is 38.3 Å². The van der Waals surface area contributed by atoms with E-state index in [1.54, 1.807) is 17.4 Å². The van der Waals surface area contributed by atoms with Crippen molar-refractivity contribution < 1.29 is 9.53 Å². The molecule has 20 heavy (non-hydrogen) atoms. The standard InChI is InChI=1S/C15H18N2O2S/c1-4-16-15(18)12-7-5-6-10(2)14(12)19-8-13-17-11(3)9-20-13/h5-7,9H,4,8H2,1-3H3,(H,16,18). The van der Waals surface area contributed by atoms with Crippen molar-refractivity contribution in [1.29, 1.82) is 0 Å². The Kier molecular flexibility index (Phi) is 4.74. The summed E-state index contributed by atoms with van der Waals surface area (Å²) in [6.45, 7) is 6.76. The zero-order chi connectivity index (χ0) is 14.5. The highest BCUT2D eigenvalue weighted by Crippen LogP contribution is 2.25. The second kappa shape index (κ2) is 6.52. The molecular weight excluding hydrogens is 272 g/mol. The first kappa shape index (κ1) is 14.5. The molecule has 0 aliphatic carbocycles. The summed E-state index contributed by atoms with van der Waals surface area (Å²) >= 11 is 1.56. The Labute approximate surface area is 122 Å². The highest BCUT2D eigenvalue weighted by atomic mass is 32.1. The van der Waals surface area contributed by atoms with Gasteiger partial charge in [0.2, 0.25) is 0 Å². The molecule has 106 valence electrons. The largest absolute Gasteiger partial charge is 0.485 e. The average molecular weight is 290 g/mol. The predicted octanol–water partition coefficient (Wildman–Crippen LogP) is 3.09. The molecule has 0 saturated heterocycles. The van der Waals surface area contributed by atoms with Gasteiger partial charge in [0, 0.05) is 17.6 Å². The summed E-state index contributed by atoms with van der Waals surface area (Å²) in [5, 5.41) is 5.70. The van der Waals surface area contributed by atoms with Crippen molar-refractivity contribution >= 4 is 17.2 Å². The van der Waals surface area contributed by atoms with Gasteiger partial charge >= 0.3 is 0 Å². The second-order valence-electron chi connectivity index (χ2n) is 4.48. The van der Waals surface area contributed by atoms with E-state index in [2.05, 4.69) is 10.3 Å². The van der Waals surface area contributed by atoms with Crippen molar-refractivity contribution in [2.45, 2.75) is 27.4 Å². The lowest BCUT2D eigenvalue weighted by molar-refractivity contribution is 0.0951. The van der Waals surface area contributed by atoms with Gasteiger partial charge in [-0.2, -0.15) is 0 Å². The van der Waals surface area contributed by atoms with Crippen molar-refractivity contribution in [2.75, 3.05) is 6.54 Å². The van der Waals surface area contributed by atoms with Crippen LogP contribution in [0.5, 0.6) is 5.75 Å². The summed E-state index contributed by atoms with van der Waals surface area (Å²) in [5.41, 5.74) is 2.50. The number of ether oxygens (including phenoxy) is 1. The van der Waals surface area contributed by atoms with E-state index >= 15 is 0 Å². The normalized spacial score (nSPS) is 10.3. The predicted molar refractivity (Wildman–Crippen MR) is 80.4 cm³/mol. The number of nitrogens with zero attached hydrogens (tertiary/aromatic N) is 1. The van der Waals surface area contributed by atoms with E-state index in [0.29, 0.717) is 24.5 Å². The Morgan fingerprint density at radius 1 is 1.40 bits per heavy atom. The number of hydrogen-bond acceptors (Lipinski definition) is 4. The molecule has 0 aliphatic rings. The lowest BCUT2D eigenvalue weighted by Crippen LogP contribution is -2.23. The van der Waals surface area contributed by atoms with Crippen LogP contribution in [0.2, 0.25) is 0 Å². The van der Waals surface area contributed by atoms with Crippen LogP contribution >= 0.6 is 11.3 Å². The summed E-state index contributed by atoms with van der Waals surface area (Å²) in [7, 11) is 0. The first-order valence-corrected chi connectivity index (χ1v) is 7.41. The Balaban J connectivity index is 2.19. The van der Waals surface area contributed by atoms with Gasteiger partial charge in [0.05, 0.1) is 5.56 Å². The molecular formula is C15H18N2O2S. The molecule has 0 fully saturated rings. The van der Waals surface area contributed by atoms with E-state index in [1.165, 1.54) is 0 Å². The number of hydrogen-bond donors (Lipinski definition) is 1. The zero-order valence-corrected chi connectivity index (χ0v) is 12.7. The van der Waals surface area contributed by atoms with Crippen LogP contribution in [-0.4, -0.2) is 17.4 Å². The molecule has 0 unspecified atom stereocenters. The number of amides is 1. The number of rotatable bonds is 5. The Morgan fingerprint density at radius 2 is 2.20 bits per heavy atom. The molecule has 1 amide bonds. The molecule has 0 bridgehead atoms. The third kappa shape index (κ3) is 3.36. The summed E-state index contributed by atoms with van der Waals surface area (Å²) in [6.07, 6.45) is 0. The molecule has 0 atom stereocenters. The van der Waals surface area contributed by atoms with Crippen LogP contribution in [0.3, 0.4) is 0 Å². The third-order valence-corrected chi connectivity index (χ3v) is 3.74. The Hall–Kier alpha value is -1.88. The van der Waals surface area contributed by atoms with Gasteiger partial charge < -0.3 is 10.1 Å². The van der Waals surface area contributed by atoms with E-state index in [9.17, 15) is 4.79 Å². The first-order chi connectivity index (χ1) is 9.61. The SMILES string of the molecule is CCNC(=O)c1cccc(C)c1OCc1nc(C)cs1. The topological polar surface area (TPSA) is 51.2 Å². The number of carbonyl (C=O) groups excluding carboxylic acids is 1. The summed E-state index contributed by atoms with van der Waals surface area (Å²) in [6, 6.07) is 5.58. The van der Waals surface area contributed by atoms with E-state index in [4.69, 9.17) is 4.74 Å². The van der Waals surface area contributed by atoms with Gasteiger partial charge in [-0.05, 0) is 32.4 Å². The molecule has 2 rings (SSSR count). The van der Waals surface area contributed by atoms with Crippen molar-refractivity contribution in [1.82, 2.24) is 10.3 Å². The van der Waals surface area contributed by atoms with Crippen LogP contribution in [0.15, 0.2) is 23.6 Å². The second-order valence-corrected chi connectivity index (χ2v) is 5.43. The lowest BCUT2D eigenvalue weighted by atomic mass is 10.1. The number of aromatic nitrogens is 1. The number of benzene rings is 1.